The van der Waals surface area contributed by atoms with Crippen LogP contribution in [0.1, 0.15) is 17.3 Å². The first-order valence-electron chi connectivity index (χ1n) is 7.62. The Hall–Kier alpha value is -1.99. The summed E-state index contributed by atoms with van der Waals surface area (Å²) >= 11 is 0. The van der Waals surface area contributed by atoms with E-state index < -0.39 is 5.97 Å². The summed E-state index contributed by atoms with van der Waals surface area (Å²) in [6.07, 6.45) is 0. The largest absolute Gasteiger partial charge is 0.490 e. The van der Waals surface area contributed by atoms with E-state index in [1.54, 1.807) is 23.1 Å². The highest BCUT2D eigenvalue weighted by Gasteiger charge is 2.20. The fraction of sp³-hybridized carbons (Fsp3) is 0.500. The van der Waals surface area contributed by atoms with Crippen LogP contribution < -0.4 is 14.8 Å². The van der Waals surface area contributed by atoms with E-state index in [2.05, 4.69) is 10.1 Å². The molecule has 0 saturated carbocycles. The van der Waals surface area contributed by atoms with Gasteiger partial charge in [0.1, 0.15) is 0 Å². The van der Waals surface area contributed by atoms with Crippen molar-refractivity contribution in [2.45, 2.75) is 6.92 Å². The number of esters is 1. The summed E-state index contributed by atoms with van der Waals surface area (Å²) in [5.74, 6) is 0.340. The molecule has 0 unspecified atom stereocenters. The van der Waals surface area contributed by atoms with Crippen molar-refractivity contribution in [3.05, 3.63) is 23.8 Å². The van der Waals surface area contributed by atoms with Crippen molar-refractivity contribution in [2.75, 3.05) is 46.5 Å². The quantitative estimate of drug-likeness (QED) is 0.767. The predicted octanol–water partition coefficient (Wildman–Crippen LogP) is 1.10. The monoisotopic (exact) mass is 358 g/mol. The molecule has 2 rings (SSSR count). The SMILES string of the molecule is CCOc1cc(C(=O)N2CCNCC2)ccc1OCC(=O)OC.Cl. The molecule has 1 heterocycles. The van der Waals surface area contributed by atoms with Gasteiger partial charge in [0.15, 0.2) is 18.1 Å². The van der Waals surface area contributed by atoms with E-state index in [9.17, 15) is 9.59 Å². The van der Waals surface area contributed by atoms with Crippen molar-refractivity contribution in [3.63, 3.8) is 0 Å². The molecule has 0 radical (unpaired) electrons. The highest BCUT2D eigenvalue weighted by molar-refractivity contribution is 5.95. The molecule has 1 saturated heterocycles. The number of rotatable bonds is 6. The number of hydrogen-bond donors (Lipinski definition) is 1. The number of hydrogen-bond acceptors (Lipinski definition) is 6. The third-order valence-electron chi connectivity index (χ3n) is 3.47. The zero-order chi connectivity index (χ0) is 16.7. The normalized spacial score (nSPS) is 13.7. The molecule has 1 aliphatic rings. The summed E-state index contributed by atoms with van der Waals surface area (Å²) in [6.45, 7) is 5.03. The average Bonchev–Trinajstić information content (AvgIpc) is 2.60. The van der Waals surface area contributed by atoms with E-state index in [0.29, 0.717) is 36.8 Å². The Labute approximate surface area is 147 Å². The Balaban J connectivity index is 0.00000288. The number of methoxy groups -OCH3 is 1. The van der Waals surface area contributed by atoms with Crippen molar-refractivity contribution in [2.24, 2.45) is 0 Å². The second-order valence-electron chi connectivity index (χ2n) is 5.00. The van der Waals surface area contributed by atoms with Crippen molar-refractivity contribution in [1.29, 1.82) is 0 Å². The molecule has 7 nitrogen and oxygen atoms in total. The van der Waals surface area contributed by atoms with Crippen LogP contribution in [-0.4, -0.2) is 63.3 Å². The van der Waals surface area contributed by atoms with Gasteiger partial charge in [0.25, 0.3) is 5.91 Å². The van der Waals surface area contributed by atoms with E-state index in [4.69, 9.17) is 9.47 Å². The smallest absolute Gasteiger partial charge is 0.343 e. The summed E-state index contributed by atoms with van der Waals surface area (Å²) in [4.78, 5) is 25.5. The molecular formula is C16H23ClN2O5. The number of carbonyl (C=O) groups excluding carboxylic acids is 2. The number of amides is 1. The van der Waals surface area contributed by atoms with Crippen LogP contribution >= 0.6 is 12.4 Å². The Morgan fingerprint density at radius 3 is 2.50 bits per heavy atom. The first kappa shape index (κ1) is 20.1. The number of nitrogens with one attached hydrogen (secondary N) is 1. The lowest BCUT2D eigenvalue weighted by Gasteiger charge is -2.27. The van der Waals surface area contributed by atoms with Crippen molar-refractivity contribution in [1.82, 2.24) is 10.2 Å². The minimum absolute atomic E-state index is 0. The van der Waals surface area contributed by atoms with E-state index in [-0.39, 0.29) is 24.9 Å². The molecule has 1 aliphatic heterocycles. The van der Waals surface area contributed by atoms with Crippen LogP contribution in [-0.2, 0) is 9.53 Å². The lowest BCUT2D eigenvalue weighted by Crippen LogP contribution is -2.46. The number of carbonyl (C=O) groups is 2. The second kappa shape index (κ2) is 10.00. The van der Waals surface area contributed by atoms with Crippen LogP contribution in [0.25, 0.3) is 0 Å². The summed E-state index contributed by atoms with van der Waals surface area (Å²) in [5, 5.41) is 3.21. The van der Waals surface area contributed by atoms with Gasteiger partial charge < -0.3 is 24.4 Å². The van der Waals surface area contributed by atoms with Gasteiger partial charge in [-0.15, -0.1) is 12.4 Å². The third-order valence-corrected chi connectivity index (χ3v) is 3.47. The van der Waals surface area contributed by atoms with Gasteiger partial charge in [-0.05, 0) is 25.1 Å². The van der Waals surface area contributed by atoms with Gasteiger partial charge in [0, 0.05) is 31.7 Å². The van der Waals surface area contributed by atoms with Crippen LogP contribution in [0.15, 0.2) is 18.2 Å². The van der Waals surface area contributed by atoms with Gasteiger partial charge in [-0.25, -0.2) is 4.79 Å². The molecule has 24 heavy (non-hydrogen) atoms. The Morgan fingerprint density at radius 1 is 1.17 bits per heavy atom. The second-order valence-corrected chi connectivity index (χ2v) is 5.00. The predicted molar refractivity (Wildman–Crippen MR) is 91.1 cm³/mol. The highest BCUT2D eigenvalue weighted by Crippen LogP contribution is 2.29. The fourth-order valence-electron chi connectivity index (χ4n) is 2.27. The van der Waals surface area contributed by atoms with Crippen molar-refractivity contribution >= 4 is 24.3 Å². The molecule has 1 fully saturated rings. The van der Waals surface area contributed by atoms with Crippen LogP contribution in [0, 0.1) is 0 Å². The molecule has 0 bridgehead atoms. The number of benzene rings is 1. The molecular weight excluding hydrogens is 336 g/mol. The number of piperazine rings is 1. The number of ether oxygens (including phenoxy) is 3. The maximum atomic E-state index is 12.5. The first-order chi connectivity index (χ1) is 11.2. The molecule has 1 N–H and O–H groups in total. The van der Waals surface area contributed by atoms with Crippen LogP contribution in [0.4, 0.5) is 0 Å². The third kappa shape index (κ3) is 5.28. The topological polar surface area (TPSA) is 77.1 Å². The summed E-state index contributed by atoms with van der Waals surface area (Å²) in [7, 11) is 1.30. The number of halogens is 1. The van der Waals surface area contributed by atoms with Gasteiger partial charge in [-0.1, -0.05) is 0 Å². The van der Waals surface area contributed by atoms with Gasteiger partial charge >= 0.3 is 5.97 Å². The van der Waals surface area contributed by atoms with Gasteiger partial charge in [-0.3, -0.25) is 4.79 Å². The molecule has 1 aromatic rings. The summed E-state index contributed by atoms with van der Waals surface area (Å²) in [5.41, 5.74) is 0.542. The maximum Gasteiger partial charge on any atom is 0.343 e. The number of nitrogens with zero attached hydrogens (tertiary/aromatic N) is 1. The van der Waals surface area contributed by atoms with E-state index in [0.717, 1.165) is 13.1 Å². The lowest BCUT2D eigenvalue weighted by atomic mass is 10.1. The maximum absolute atomic E-state index is 12.5. The summed E-state index contributed by atoms with van der Waals surface area (Å²) in [6, 6.07) is 4.98. The molecule has 134 valence electrons. The fourth-order valence-corrected chi connectivity index (χ4v) is 2.27. The minimum atomic E-state index is -0.478. The van der Waals surface area contributed by atoms with Crippen molar-refractivity contribution < 1.29 is 23.8 Å². The first-order valence-corrected chi connectivity index (χ1v) is 7.62. The molecule has 0 aromatic heterocycles. The molecule has 1 amide bonds. The highest BCUT2D eigenvalue weighted by atomic mass is 35.5. The van der Waals surface area contributed by atoms with Crippen molar-refractivity contribution in [3.8, 4) is 11.5 Å². The zero-order valence-electron chi connectivity index (χ0n) is 13.9. The lowest BCUT2D eigenvalue weighted by molar-refractivity contribution is -0.142. The standard InChI is InChI=1S/C16H22N2O5.ClH/c1-3-22-14-10-12(16(20)18-8-6-17-7-9-18)4-5-13(14)23-11-15(19)21-2;/h4-5,10,17H,3,6-9,11H2,1-2H3;1H. The van der Waals surface area contributed by atoms with Gasteiger partial charge in [-0.2, -0.15) is 0 Å². The van der Waals surface area contributed by atoms with Crippen LogP contribution in [0.3, 0.4) is 0 Å². The zero-order valence-corrected chi connectivity index (χ0v) is 14.7. The van der Waals surface area contributed by atoms with Crippen LogP contribution in [0.5, 0.6) is 11.5 Å². The Kier molecular flexibility index (Phi) is 8.35. The Bertz CT molecular complexity index is 561. The minimum Gasteiger partial charge on any atom is -0.490 e. The van der Waals surface area contributed by atoms with Gasteiger partial charge in [0.05, 0.1) is 13.7 Å². The molecule has 0 atom stereocenters. The summed E-state index contributed by atoms with van der Waals surface area (Å²) < 4.78 is 15.5. The van der Waals surface area contributed by atoms with E-state index in [1.165, 1.54) is 7.11 Å². The average molecular weight is 359 g/mol. The van der Waals surface area contributed by atoms with Crippen LogP contribution in [0.2, 0.25) is 0 Å². The molecule has 0 spiro atoms. The molecule has 8 heteroatoms. The van der Waals surface area contributed by atoms with E-state index in [1.807, 2.05) is 6.92 Å². The van der Waals surface area contributed by atoms with E-state index >= 15 is 0 Å². The van der Waals surface area contributed by atoms with Gasteiger partial charge in [0.2, 0.25) is 0 Å². The molecule has 1 aromatic carbocycles. The Morgan fingerprint density at radius 2 is 1.88 bits per heavy atom. The molecule has 0 aliphatic carbocycles.